The lowest BCUT2D eigenvalue weighted by atomic mass is 9.94. The normalized spacial score (nSPS) is 14.8. The number of benzene rings is 1. The van der Waals surface area contributed by atoms with Crippen LogP contribution < -0.4 is 4.90 Å². The van der Waals surface area contributed by atoms with Crippen LogP contribution >= 0.6 is 0 Å². The van der Waals surface area contributed by atoms with E-state index in [2.05, 4.69) is 11.1 Å². The number of anilines is 1. The quantitative estimate of drug-likeness (QED) is 0.844. The first kappa shape index (κ1) is 16.9. The van der Waals surface area contributed by atoms with Crippen LogP contribution in [0.3, 0.4) is 0 Å². The highest BCUT2D eigenvalue weighted by Crippen LogP contribution is 2.37. The second-order valence-corrected chi connectivity index (χ2v) is 6.06. The van der Waals surface area contributed by atoms with Gasteiger partial charge in [0.25, 0.3) is 5.91 Å². The van der Waals surface area contributed by atoms with E-state index in [4.69, 9.17) is 5.11 Å². The summed E-state index contributed by atoms with van der Waals surface area (Å²) in [5.74, 6) is -0.826. The number of carboxylic acid groups (broad SMARTS) is 1. The number of aromatic nitrogens is 1. The molecule has 0 fully saturated rings. The molecule has 0 spiro atoms. The van der Waals surface area contributed by atoms with Crippen LogP contribution in [-0.4, -0.2) is 29.0 Å². The first-order valence-electron chi connectivity index (χ1n) is 8.33. The van der Waals surface area contributed by atoms with E-state index in [9.17, 15) is 9.59 Å². The Hall–Kier alpha value is -2.95. The van der Waals surface area contributed by atoms with E-state index < -0.39 is 5.97 Å². The Morgan fingerprint density at radius 1 is 1.16 bits per heavy atom. The number of aliphatic carboxylic acids is 1. The summed E-state index contributed by atoms with van der Waals surface area (Å²) < 4.78 is 0. The van der Waals surface area contributed by atoms with E-state index in [1.807, 2.05) is 24.3 Å². The van der Waals surface area contributed by atoms with Crippen LogP contribution in [0.2, 0.25) is 0 Å². The zero-order valence-electron chi connectivity index (χ0n) is 14.1. The van der Waals surface area contributed by atoms with Crippen molar-refractivity contribution in [3.63, 3.8) is 0 Å². The maximum atomic E-state index is 12.8. The molecule has 0 bridgehead atoms. The number of carbonyl (C=O) groups excluding carboxylic acids is 1. The molecular weight excluding hydrogens is 316 g/mol. The lowest BCUT2D eigenvalue weighted by Crippen LogP contribution is -2.26. The first-order chi connectivity index (χ1) is 12.1. The van der Waals surface area contributed by atoms with Crippen molar-refractivity contribution in [2.24, 2.45) is 0 Å². The van der Waals surface area contributed by atoms with E-state index in [0.717, 1.165) is 35.2 Å². The summed E-state index contributed by atoms with van der Waals surface area (Å²) in [5, 5.41) is 8.75. The van der Waals surface area contributed by atoms with Crippen LogP contribution in [0.4, 0.5) is 5.69 Å². The second kappa shape index (κ2) is 7.30. The summed E-state index contributed by atoms with van der Waals surface area (Å²) in [6.45, 7) is 0. The molecule has 1 N–H and O–H groups in total. The lowest BCUT2D eigenvalue weighted by molar-refractivity contribution is -0.137. The fourth-order valence-corrected chi connectivity index (χ4v) is 3.11. The second-order valence-electron chi connectivity index (χ2n) is 6.06. The van der Waals surface area contributed by atoms with Crippen molar-refractivity contribution >= 4 is 23.1 Å². The molecule has 5 nitrogen and oxygen atoms in total. The molecule has 128 valence electrons. The highest BCUT2D eigenvalue weighted by molar-refractivity contribution is 6.13. The molecule has 5 heteroatoms. The standard InChI is InChI=1S/C20H20N2O3/c1-22-18-9-6-5-8-15(18)14(7-3-2-4-10-19(23)24)17-13-21-12-11-16(17)20(22)25/h5-9,11-13H,2-4,10H2,1H3,(H,23,24)/b14-7+. The Morgan fingerprint density at radius 3 is 2.76 bits per heavy atom. The fourth-order valence-electron chi connectivity index (χ4n) is 3.11. The van der Waals surface area contributed by atoms with Crippen molar-refractivity contribution < 1.29 is 14.7 Å². The maximum absolute atomic E-state index is 12.8. The Labute approximate surface area is 146 Å². The van der Waals surface area contributed by atoms with Crippen molar-refractivity contribution in [3.05, 3.63) is 65.5 Å². The van der Waals surface area contributed by atoms with Crippen LogP contribution in [0.25, 0.3) is 5.57 Å². The minimum atomic E-state index is -0.769. The van der Waals surface area contributed by atoms with Gasteiger partial charge >= 0.3 is 5.97 Å². The number of unbranched alkanes of at least 4 members (excludes halogenated alkanes) is 2. The highest BCUT2D eigenvalue weighted by Gasteiger charge is 2.26. The highest BCUT2D eigenvalue weighted by atomic mass is 16.4. The van der Waals surface area contributed by atoms with E-state index in [1.165, 1.54) is 0 Å². The number of rotatable bonds is 5. The van der Waals surface area contributed by atoms with Gasteiger partial charge in [0.15, 0.2) is 0 Å². The molecule has 1 aromatic heterocycles. The van der Waals surface area contributed by atoms with Crippen molar-refractivity contribution in [1.29, 1.82) is 0 Å². The minimum Gasteiger partial charge on any atom is -0.481 e. The predicted molar refractivity (Wildman–Crippen MR) is 96.6 cm³/mol. The molecule has 1 aromatic carbocycles. The summed E-state index contributed by atoms with van der Waals surface area (Å²) in [5.41, 5.74) is 4.28. The number of carbonyl (C=O) groups is 2. The molecule has 3 rings (SSSR count). The van der Waals surface area contributed by atoms with E-state index in [-0.39, 0.29) is 12.3 Å². The van der Waals surface area contributed by atoms with Gasteiger partial charge in [0.05, 0.1) is 11.3 Å². The molecule has 1 aliphatic heterocycles. The SMILES string of the molecule is CN1C(=O)c2ccncc2/C(=C/CCCCC(=O)O)c2ccccc21. The maximum Gasteiger partial charge on any atom is 0.303 e. The van der Waals surface area contributed by atoms with Crippen LogP contribution in [0.1, 0.15) is 47.2 Å². The third kappa shape index (κ3) is 3.45. The zero-order valence-corrected chi connectivity index (χ0v) is 14.1. The Kier molecular flexibility index (Phi) is 4.93. The van der Waals surface area contributed by atoms with E-state index in [0.29, 0.717) is 12.0 Å². The van der Waals surface area contributed by atoms with Crippen LogP contribution in [0.15, 0.2) is 48.8 Å². The number of allylic oxidation sites excluding steroid dienone is 1. The topological polar surface area (TPSA) is 70.5 Å². The molecule has 2 aromatic rings. The van der Waals surface area contributed by atoms with Crippen molar-refractivity contribution in [2.75, 3.05) is 11.9 Å². The van der Waals surface area contributed by atoms with Gasteiger partial charge in [-0.2, -0.15) is 0 Å². The first-order valence-corrected chi connectivity index (χ1v) is 8.33. The van der Waals surface area contributed by atoms with Crippen molar-refractivity contribution in [2.45, 2.75) is 25.7 Å². The smallest absolute Gasteiger partial charge is 0.303 e. The molecule has 0 radical (unpaired) electrons. The summed E-state index contributed by atoms with van der Waals surface area (Å²) in [6, 6.07) is 9.56. The number of hydrogen-bond acceptors (Lipinski definition) is 3. The van der Waals surface area contributed by atoms with Gasteiger partial charge in [-0.25, -0.2) is 0 Å². The van der Waals surface area contributed by atoms with Crippen LogP contribution in [-0.2, 0) is 4.79 Å². The minimum absolute atomic E-state index is 0.0564. The largest absolute Gasteiger partial charge is 0.481 e. The van der Waals surface area contributed by atoms with Crippen molar-refractivity contribution in [1.82, 2.24) is 4.98 Å². The van der Waals surface area contributed by atoms with E-state index in [1.54, 1.807) is 30.4 Å². The third-order valence-corrected chi connectivity index (χ3v) is 4.40. The summed E-state index contributed by atoms with van der Waals surface area (Å²) in [7, 11) is 1.78. The third-order valence-electron chi connectivity index (χ3n) is 4.40. The van der Waals surface area contributed by atoms with Gasteiger partial charge in [0.1, 0.15) is 0 Å². The number of carboxylic acids is 1. The fraction of sp³-hybridized carbons (Fsp3) is 0.250. The molecule has 1 aliphatic rings. The average molecular weight is 336 g/mol. The Morgan fingerprint density at radius 2 is 1.96 bits per heavy atom. The molecular formula is C20H20N2O3. The molecule has 0 saturated carbocycles. The van der Waals surface area contributed by atoms with Gasteiger partial charge in [-0.1, -0.05) is 24.3 Å². The zero-order chi connectivity index (χ0) is 17.8. The molecule has 0 aliphatic carbocycles. The average Bonchev–Trinajstić information content (AvgIpc) is 2.71. The molecule has 2 heterocycles. The van der Waals surface area contributed by atoms with Crippen molar-refractivity contribution in [3.8, 4) is 0 Å². The number of pyridine rings is 1. The molecule has 25 heavy (non-hydrogen) atoms. The predicted octanol–water partition coefficient (Wildman–Crippen LogP) is 3.75. The summed E-state index contributed by atoms with van der Waals surface area (Å²) >= 11 is 0. The number of nitrogens with zero attached hydrogens (tertiary/aromatic N) is 2. The molecule has 1 amide bonds. The van der Waals surface area contributed by atoms with Gasteiger partial charge in [0.2, 0.25) is 0 Å². The van der Waals surface area contributed by atoms with Gasteiger partial charge < -0.3 is 10.0 Å². The molecule has 0 atom stereocenters. The monoisotopic (exact) mass is 336 g/mol. The van der Waals surface area contributed by atoms with Gasteiger partial charge in [-0.3, -0.25) is 14.6 Å². The summed E-state index contributed by atoms with van der Waals surface area (Å²) in [6.07, 6.45) is 7.81. The number of hydrogen-bond donors (Lipinski definition) is 1. The van der Waals surface area contributed by atoms with Crippen LogP contribution in [0.5, 0.6) is 0 Å². The number of fused-ring (bicyclic) bond motifs is 2. The summed E-state index contributed by atoms with van der Waals surface area (Å²) in [4.78, 5) is 29.3. The lowest BCUT2D eigenvalue weighted by Gasteiger charge is -2.17. The molecule has 0 unspecified atom stereocenters. The van der Waals surface area contributed by atoms with E-state index >= 15 is 0 Å². The Balaban J connectivity index is 2.01. The van der Waals surface area contributed by atoms with Gasteiger partial charge in [-0.05, 0) is 37.0 Å². The van der Waals surface area contributed by atoms with Gasteiger partial charge in [0, 0.05) is 37.0 Å². The number of para-hydroxylation sites is 1. The molecule has 0 saturated heterocycles. The Bertz CT molecular complexity index is 842. The van der Waals surface area contributed by atoms with Gasteiger partial charge in [-0.15, -0.1) is 0 Å². The number of amides is 1. The van der Waals surface area contributed by atoms with Crippen LogP contribution in [0, 0.1) is 0 Å².